The van der Waals surface area contributed by atoms with Gasteiger partial charge in [-0.15, -0.1) is 0 Å². The van der Waals surface area contributed by atoms with Crippen LogP contribution in [0.3, 0.4) is 0 Å². The second-order valence-corrected chi connectivity index (χ2v) is 7.12. The summed E-state index contributed by atoms with van der Waals surface area (Å²) < 4.78 is 0. The van der Waals surface area contributed by atoms with Crippen molar-refractivity contribution < 1.29 is 0 Å². The Bertz CT molecular complexity index is 203. The van der Waals surface area contributed by atoms with E-state index in [0.29, 0.717) is 0 Å². The Morgan fingerprint density at radius 1 is 0.933 bits per heavy atom. The lowest BCUT2D eigenvalue weighted by Crippen LogP contribution is -2.46. The Hall–Kier alpha value is 0. The zero-order valence-corrected chi connectivity index (χ0v) is 10.4. The van der Waals surface area contributed by atoms with E-state index in [1.54, 1.807) is 44.4 Å². The number of hydrogen-bond donors (Lipinski definition) is 0. The molecule has 0 aromatic heterocycles. The van der Waals surface area contributed by atoms with Crippen molar-refractivity contribution in [3.63, 3.8) is 0 Å². The molecule has 0 nitrogen and oxygen atoms in total. The molecule has 0 unspecified atom stereocenters. The molecular formula is C15H25. The van der Waals surface area contributed by atoms with E-state index in [1.807, 2.05) is 0 Å². The Labute approximate surface area is 94.8 Å². The highest BCUT2D eigenvalue weighted by Gasteiger charge is 2.50. The largest absolute Gasteiger partial charge is 0.0594 e. The fraction of sp³-hybridized carbons (Fsp3) is 0.933. The van der Waals surface area contributed by atoms with E-state index in [2.05, 4.69) is 13.8 Å². The second-order valence-electron chi connectivity index (χ2n) is 7.12. The molecule has 0 N–H and O–H groups in total. The van der Waals surface area contributed by atoms with Crippen molar-refractivity contribution in [3.8, 4) is 0 Å². The summed E-state index contributed by atoms with van der Waals surface area (Å²) in [4.78, 5) is 0. The van der Waals surface area contributed by atoms with E-state index in [-0.39, 0.29) is 0 Å². The third-order valence-corrected chi connectivity index (χ3v) is 5.32. The molecule has 0 aliphatic heterocycles. The molecule has 4 aliphatic carbocycles. The highest BCUT2D eigenvalue weighted by Crippen LogP contribution is 2.61. The predicted octanol–water partition coefficient (Wildman–Crippen LogP) is 4.60. The van der Waals surface area contributed by atoms with Gasteiger partial charge in [-0.25, -0.2) is 0 Å². The summed E-state index contributed by atoms with van der Waals surface area (Å²) in [5.74, 6) is 5.04. The summed E-state index contributed by atoms with van der Waals surface area (Å²) >= 11 is 0. The van der Waals surface area contributed by atoms with Crippen LogP contribution in [0.15, 0.2) is 0 Å². The molecule has 0 spiro atoms. The molecule has 4 saturated carbocycles. The molecule has 0 aromatic rings. The van der Waals surface area contributed by atoms with Crippen LogP contribution in [0.1, 0.15) is 65.2 Å². The zero-order valence-electron chi connectivity index (χ0n) is 10.4. The quantitative estimate of drug-likeness (QED) is 0.632. The van der Waals surface area contributed by atoms with Crippen LogP contribution in [0.25, 0.3) is 0 Å². The van der Waals surface area contributed by atoms with Gasteiger partial charge < -0.3 is 0 Å². The summed E-state index contributed by atoms with van der Waals surface area (Å²) in [6, 6.07) is 0. The van der Waals surface area contributed by atoms with Gasteiger partial charge in [-0.1, -0.05) is 13.8 Å². The topological polar surface area (TPSA) is 0 Å². The molecule has 0 amide bonds. The van der Waals surface area contributed by atoms with Gasteiger partial charge in [0.25, 0.3) is 0 Å². The molecule has 0 heteroatoms. The van der Waals surface area contributed by atoms with Crippen molar-refractivity contribution in [3.05, 3.63) is 5.92 Å². The SMILES string of the molecule is C[C](C)CCC12CC3CC(CC(C3)C1)C2. The average molecular weight is 205 g/mol. The number of rotatable bonds is 3. The summed E-state index contributed by atoms with van der Waals surface area (Å²) in [6.45, 7) is 4.61. The highest BCUT2D eigenvalue weighted by atomic mass is 14.5. The molecule has 4 fully saturated rings. The summed E-state index contributed by atoms with van der Waals surface area (Å²) in [6.07, 6.45) is 12.5. The minimum absolute atomic E-state index is 0.812. The molecule has 0 saturated heterocycles. The van der Waals surface area contributed by atoms with Crippen molar-refractivity contribution >= 4 is 0 Å². The Morgan fingerprint density at radius 2 is 1.40 bits per heavy atom. The normalized spacial score (nSPS) is 47.8. The average Bonchev–Trinajstić information content (AvgIpc) is 2.12. The van der Waals surface area contributed by atoms with Gasteiger partial charge in [-0.05, 0) is 80.5 Å². The minimum Gasteiger partial charge on any atom is -0.0594 e. The van der Waals surface area contributed by atoms with E-state index < -0.39 is 0 Å². The summed E-state index contributed by atoms with van der Waals surface area (Å²) in [5.41, 5.74) is 0.812. The van der Waals surface area contributed by atoms with Gasteiger partial charge in [0.2, 0.25) is 0 Å². The first-order chi connectivity index (χ1) is 7.15. The van der Waals surface area contributed by atoms with Gasteiger partial charge in [0.05, 0.1) is 0 Å². The van der Waals surface area contributed by atoms with Crippen LogP contribution in [0.2, 0.25) is 0 Å². The Kier molecular flexibility index (Phi) is 2.37. The van der Waals surface area contributed by atoms with E-state index >= 15 is 0 Å². The first-order valence-electron chi connectivity index (χ1n) is 6.94. The maximum absolute atomic E-state index is 2.31. The fourth-order valence-electron chi connectivity index (χ4n) is 5.11. The van der Waals surface area contributed by atoms with Crippen molar-refractivity contribution in [1.82, 2.24) is 0 Å². The first kappa shape index (κ1) is 10.2. The second kappa shape index (κ2) is 3.50. The zero-order chi connectivity index (χ0) is 10.5. The van der Waals surface area contributed by atoms with Crippen LogP contribution < -0.4 is 0 Å². The standard InChI is InChI=1S/C15H25/c1-11(2)3-4-15-8-12-5-13(9-15)7-14(6-12)10-15/h12-14H,3-10H2,1-2H3. The van der Waals surface area contributed by atoms with Crippen molar-refractivity contribution in [2.45, 2.75) is 65.2 Å². The van der Waals surface area contributed by atoms with Gasteiger partial charge in [0.1, 0.15) is 0 Å². The minimum atomic E-state index is 0.812. The van der Waals surface area contributed by atoms with E-state index in [4.69, 9.17) is 0 Å². The lowest BCUT2D eigenvalue weighted by molar-refractivity contribution is -0.0575. The van der Waals surface area contributed by atoms with Crippen LogP contribution in [0.4, 0.5) is 0 Å². The predicted molar refractivity (Wildman–Crippen MR) is 64.4 cm³/mol. The maximum atomic E-state index is 2.31. The smallest absolute Gasteiger partial charge is 0.0289 e. The van der Waals surface area contributed by atoms with Crippen LogP contribution >= 0.6 is 0 Å². The lowest BCUT2D eigenvalue weighted by atomic mass is 9.48. The van der Waals surface area contributed by atoms with Gasteiger partial charge in [-0.2, -0.15) is 0 Å². The third-order valence-electron chi connectivity index (χ3n) is 5.32. The highest BCUT2D eigenvalue weighted by molar-refractivity contribution is 5.02. The summed E-state index contributed by atoms with van der Waals surface area (Å²) in [7, 11) is 0. The van der Waals surface area contributed by atoms with Gasteiger partial charge in [-0.3, -0.25) is 0 Å². The Morgan fingerprint density at radius 3 is 1.80 bits per heavy atom. The third kappa shape index (κ3) is 1.85. The monoisotopic (exact) mass is 205 g/mol. The molecule has 4 aliphatic rings. The van der Waals surface area contributed by atoms with Crippen molar-refractivity contribution in [2.75, 3.05) is 0 Å². The Balaban J connectivity index is 1.70. The van der Waals surface area contributed by atoms with E-state index in [1.165, 1.54) is 12.8 Å². The fourth-order valence-corrected chi connectivity index (χ4v) is 5.11. The molecular weight excluding hydrogens is 180 g/mol. The van der Waals surface area contributed by atoms with Crippen LogP contribution in [-0.2, 0) is 0 Å². The van der Waals surface area contributed by atoms with Crippen molar-refractivity contribution in [2.24, 2.45) is 23.2 Å². The molecule has 15 heavy (non-hydrogen) atoms. The first-order valence-corrected chi connectivity index (χ1v) is 6.94. The van der Waals surface area contributed by atoms with Crippen LogP contribution in [0.5, 0.6) is 0 Å². The molecule has 0 atom stereocenters. The maximum Gasteiger partial charge on any atom is -0.0289 e. The lowest BCUT2D eigenvalue weighted by Gasteiger charge is -2.57. The molecule has 4 rings (SSSR count). The molecule has 85 valence electrons. The molecule has 1 radical (unpaired) electrons. The molecule has 4 bridgehead atoms. The molecule has 0 aromatic carbocycles. The number of hydrogen-bond acceptors (Lipinski definition) is 0. The van der Waals surface area contributed by atoms with Gasteiger partial charge in [0.15, 0.2) is 0 Å². The van der Waals surface area contributed by atoms with Crippen LogP contribution in [-0.4, -0.2) is 0 Å². The van der Waals surface area contributed by atoms with E-state index in [9.17, 15) is 0 Å². The van der Waals surface area contributed by atoms with E-state index in [0.717, 1.165) is 23.2 Å². The summed E-state index contributed by atoms with van der Waals surface area (Å²) in [5, 5.41) is 0. The molecule has 0 heterocycles. The van der Waals surface area contributed by atoms with Gasteiger partial charge >= 0.3 is 0 Å². The van der Waals surface area contributed by atoms with Crippen LogP contribution in [0, 0.1) is 29.1 Å². The van der Waals surface area contributed by atoms with Gasteiger partial charge in [0, 0.05) is 0 Å². The van der Waals surface area contributed by atoms with Crippen molar-refractivity contribution in [1.29, 1.82) is 0 Å².